The summed E-state index contributed by atoms with van der Waals surface area (Å²) in [6, 6.07) is -0.157. The van der Waals surface area contributed by atoms with Crippen molar-refractivity contribution in [3.05, 3.63) is 0 Å². The van der Waals surface area contributed by atoms with Gasteiger partial charge in [0.25, 0.3) is 0 Å². The Morgan fingerprint density at radius 3 is 2.60 bits per heavy atom. The Morgan fingerprint density at radius 2 is 2.13 bits per heavy atom. The predicted molar refractivity (Wildman–Crippen MR) is 51.8 cm³/mol. The maximum atomic E-state index is 11.6. The zero-order valence-electron chi connectivity index (χ0n) is 8.36. The Morgan fingerprint density at radius 1 is 1.40 bits per heavy atom. The van der Waals surface area contributed by atoms with Gasteiger partial charge in [-0.05, 0) is 6.42 Å². The molecular weight excluding hydrogens is 198 g/mol. The molecular formula is C9H15N3O3. The van der Waals surface area contributed by atoms with Gasteiger partial charge >= 0.3 is 0 Å². The molecule has 0 aromatic carbocycles. The van der Waals surface area contributed by atoms with E-state index in [1.807, 2.05) is 0 Å². The molecule has 6 nitrogen and oxygen atoms in total. The second-order valence-electron chi connectivity index (χ2n) is 4.04. The van der Waals surface area contributed by atoms with E-state index in [1.165, 1.54) is 0 Å². The van der Waals surface area contributed by atoms with Gasteiger partial charge in [-0.2, -0.15) is 0 Å². The first-order chi connectivity index (χ1) is 7.16. The van der Waals surface area contributed by atoms with Crippen LogP contribution in [0.15, 0.2) is 0 Å². The van der Waals surface area contributed by atoms with Crippen molar-refractivity contribution in [3.63, 3.8) is 0 Å². The fourth-order valence-electron chi connectivity index (χ4n) is 1.77. The smallest absolute Gasteiger partial charge is 0.237 e. The third kappa shape index (κ3) is 2.27. The summed E-state index contributed by atoms with van der Waals surface area (Å²) in [6.45, 7) is 1.66. The quantitative estimate of drug-likeness (QED) is 0.504. The van der Waals surface area contributed by atoms with Crippen molar-refractivity contribution in [1.29, 1.82) is 0 Å². The number of hydrogen-bond donors (Lipinski definition) is 3. The maximum Gasteiger partial charge on any atom is 0.237 e. The molecule has 2 saturated heterocycles. The molecule has 15 heavy (non-hydrogen) atoms. The van der Waals surface area contributed by atoms with E-state index in [9.17, 15) is 9.59 Å². The van der Waals surface area contributed by atoms with Crippen molar-refractivity contribution in [1.82, 2.24) is 10.6 Å². The molecule has 84 valence electrons. The van der Waals surface area contributed by atoms with E-state index in [1.54, 1.807) is 0 Å². The molecule has 2 aliphatic heterocycles. The molecule has 0 bridgehead atoms. The van der Waals surface area contributed by atoms with Crippen LogP contribution in [0.1, 0.15) is 6.42 Å². The molecule has 0 aromatic rings. The van der Waals surface area contributed by atoms with Gasteiger partial charge in [0.2, 0.25) is 11.8 Å². The number of ether oxygens (including phenoxy) is 1. The molecule has 2 unspecified atom stereocenters. The minimum atomic E-state index is -0.343. The average molecular weight is 213 g/mol. The van der Waals surface area contributed by atoms with Gasteiger partial charge in [0, 0.05) is 6.54 Å². The van der Waals surface area contributed by atoms with Crippen molar-refractivity contribution in [3.8, 4) is 0 Å². The van der Waals surface area contributed by atoms with E-state index in [0.717, 1.165) is 0 Å². The SMILES string of the molecule is NC(=O)C1CNC(C(=O)NC2COC2)C1. The van der Waals surface area contributed by atoms with Gasteiger partial charge in [0.15, 0.2) is 0 Å². The zero-order valence-corrected chi connectivity index (χ0v) is 8.36. The summed E-state index contributed by atoms with van der Waals surface area (Å²) in [4.78, 5) is 22.5. The van der Waals surface area contributed by atoms with Crippen LogP contribution in [0.25, 0.3) is 0 Å². The van der Waals surface area contributed by atoms with Crippen molar-refractivity contribution in [2.24, 2.45) is 11.7 Å². The third-order valence-corrected chi connectivity index (χ3v) is 2.83. The number of rotatable bonds is 3. The standard InChI is InChI=1S/C9H15N3O3/c10-8(13)5-1-7(11-2-5)9(14)12-6-3-15-4-6/h5-7,11H,1-4H2,(H2,10,13)(H,12,14). The summed E-state index contributed by atoms with van der Waals surface area (Å²) in [5.74, 6) is -0.629. The number of carbonyl (C=O) groups is 2. The van der Waals surface area contributed by atoms with Crippen LogP contribution in [0.3, 0.4) is 0 Å². The van der Waals surface area contributed by atoms with E-state index in [-0.39, 0.29) is 29.8 Å². The minimum Gasteiger partial charge on any atom is -0.377 e. The molecule has 0 spiro atoms. The highest BCUT2D eigenvalue weighted by Gasteiger charge is 2.33. The Balaban J connectivity index is 1.79. The normalized spacial score (nSPS) is 30.9. The Bertz CT molecular complexity index is 278. The molecule has 0 aromatic heterocycles. The lowest BCUT2D eigenvalue weighted by Gasteiger charge is -2.28. The van der Waals surface area contributed by atoms with Crippen molar-refractivity contribution < 1.29 is 14.3 Å². The zero-order chi connectivity index (χ0) is 10.8. The van der Waals surface area contributed by atoms with Gasteiger partial charge in [-0.1, -0.05) is 0 Å². The first-order valence-electron chi connectivity index (χ1n) is 5.07. The van der Waals surface area contributed by atoms with Gasteiger partial charge in [0.05, 0.1) is 31.2 Å². The number of carbonyl (C=O) groups excluding carboxylic acids is 2. The molecule has 0 aliphatic carbocycles. The molecule has 4 N–H and O–H groups in total. The lowest BCUT2D eigenvalue weighted by atomic mass is 10.0. The van der Waals surface area contributed by atoms with E-state index in [4.69, 9.17) is 10.5 Å². The second kappa shape index (κ2) is 4.16. The molecule has 6 heteroatoms. The molecule has 2 rings (SSSR count). The maximum absolute atomic E-state index is 11.6. The number of nitrogens with two attached hydrogens (primary N) is 1. The highest BCUT2D eigenvalue weighted by molar-refractivity contribution is 5.85. The van der Waals surface area contributed by atoms with Gasteiger partial charge in [-0.15, -0.1) is 0 Å². The van der Waals surface area contributed by atoms with Crippen LogP contribution in [-0.2, 0) is 14.3 Å². The molecule has 2 heterocycles. The first-order valence-corrected chi connectivity index (χ1v) is 5.07. The van der Waals surface area contributed by atoms with E-state index < -0.39 is 0 Å². The highest BCUT2D eigenvalue weighted by atomic mass is 16.5. The monoisotopic (exact) mass is 213 g/mol. The number of nitrogens with one attached hydrogen (secondary N) is 2. The average Bonchev–Trinajstić information content (AvgIpc) is 2.59. The first kappa shape index (κ1) is 10.4. The van der Waals surface area contributed by atoms with Crippen molar-refractivity contribution >= 4 is 11.8 Å². The van der Waals surface area contributed by atoms with Crippen molar-refractivity contribution in [2.75, 3.05) is 19.8 Å². The second-order valence-corrected chi connectivity index (χ2v) is 4.04. The van der Waals surface area contributed by atoms with Crippen LogP contribution in [-0.4, -0.2) is 43.7 Å². The molecule has 2 atom stereocenters. The van der Waals surface area contributed by atoms with Gasteiger partial charge in [-0.3, -0.25) is 9.59 Å². The molecule has 0 saturated carbocycles. The Kier molecular flexibility index (Phi) is 2.88. The minimum absolute atomic E-state index is 0.0629. The van der Waals surface area contributed by atoms with Crippen LogP contribution in [0.4, 0.5) is 0 Å². The van der Waals surface area contributed by atoms with Crippen LogP contribution in [0.5, 0.6) is 0 Å². The lowest BCUT2D eigenvalue weighted by molar-refractivity contribution is -0.127. The molecule has 0 radical (unpaired) electrons. The molecule has 2 aliphatic rings. The summed E-state index contributed by atoms with van der Waals surface area (Å²) in [5, 5.41) is 5.83. The van der Waals surface area contributed by atoms with E-state index >= 15 is 0 Å². The van der Waals surface area contributed by atoms with Crippen LogP contribution >= 0.6 is 0 Å². The van der Waals surface area contributed by atoms with Gasteiger partial charge < -0.3 is 21.1 Å². The van der Waals surface area contributed by atoms with Gasteiger partial charge in [0.1, 0.15) is 0 Å². The summed E-state index contributed by atoms with van der Waals surface area (Å²) in [7, 11) is 0. The number of amides is 2. The number of hydrogen-bond acceptors (Lipinski definition) is 4. The van der Waals surface area contributed by atoms with Gasteiger partial charge in [-0.25, -0.2) is 0 Å². The summed E-state index contributed by atoms with van der Waals surface area (Å²) in [5.41, 5.74) is 5.17. The van der Waals surface area contributed by atoms with Crippen LogP contribution in [0, 0.1) is 5.92 Å². The van der Waals surface area contributed by atoms with E-state index in [2.05, 4.69) is 10.6 Å². The lowest BCUT2D eigenvalue weighted by Crippen LogP contribution is -2.53. The fourth-order valence-corrected chi connectivity index (χ4v) is 1.77. The Labute approximate surface area is 87.5 Å². The Hall–Kier alpha value is -1.14. The highest BCUT2D eigenvalue weighted by Crippen LogP contribution is 2.14. The predicted octanol–water partition coefficient (Wildman–Crippen LogP) is -2.04. The molecule has 2 amide bonds. The molecule has 2 fully saturated rings. The largest absolute Gasteiger partial charge is 0.377 e. The summed E-state index contributed by atoms with van der Waals surface area (Å²) < 4.78 is 4.95. The van der Waals surface area contributed by atoms with E-state index in [0.29, 0.717) is 26.2 Å². The number of primary amides is 1. The van der Waals surface area contributed by atoms with Crippen LogP contribution in [0.2, 0.25) is 0 Å². The fraction of sp³-hybridized carbons (Fsp3) is 0.778. The van der Waals surface area contributed by atoms with Crippen molar-refractivity contribution in [2.45, 2.75) is 18.5 Å². The van der Waals surface area contributed by atoms with Crippen LogP contribution < -0.4 is 16.4 Å². The topological polar surface area (TPSA) is 93.5 Å². The summed E-state index contributed by atoms with van der Waals surface area (Å²) >= 11 is 0. The summed E-state index contributed by atoms with van der Waals surface area (Å²) in [6.07, 6.45) is 0.495. The third-order valence-electron chi connectivity index (χ3n) is 2.83.